The van der Waals surface area contributed by atoms with Gasteiger partial charge in [-0.05, 0) is 24.3 Å². The minimum absolute atomic E-state index is 0.153. The zero-order valence-corrected chi connectivity index (χ0v) is 11.1. The fourth-order valence-corrected chi connectivity index (χ4v) is 1.76. The summed E-state index contributed by atoms with van der Waals surface area (Å²) in [4.78, 5) is 20.1. The van der Waals surface area contributed by atoms with E-state index in [1.54, 1.807) is 0 Å². The van der Waals surface area contributed by atoms with Crippen molar-refractivity contribution in [1.82, 2.24) is 0 Å². The average molecular weight is 310 g/mol. The zero-order valence-electron chi connectivity index (χ0n) is 10.4. The first-order chi connectivity index (χ1) is 9.88. The number of non-ortho nitro benzene ring substituents is 1. The summed E-state index contributed by atoms with van der Waals surface area (Å²) in [6.07, 6.45) is 0. The van der Waals surface area contributed by atoms with Crippen molar-refractivity contribution >= 4 is 28.7 Å². The molecule has 21 heavy (non-hydrogen) atoms. The number of benzene rings is 2. The monoisotopic (exact) mass is 309 g/mol. The Hall–Kier alpha value is -2.87. The van der Waals surface area contributed by atoms with Gasteiger partial charge in [0.1, 0.15) is 0 Å². The number of nitrogen functional groups attached to an aromatic ring is 1. The molecule has 9 heteroatoms. The molecule has 0 bridgehead atoms. The number of halogens is 1. The number of nitrogens with two attached hydrogens (primary N) is 1. The molecule has 0 aliphatic carbocycles. The first-order valence-corrected chi connectivity index (χ1v) is 5.92. The van der Waals surface area contributed by atoms with Crippen molar-refractivity contribution in [2.24, 2.45) is 0 Å². The van der Waals surface area contributed by atoms with Crippen LogP contribution < -0.4 is 10.5 Å². The van der Waals surface area contributed by atoms with Gasteiger partial charge >= 0.3 is 5.69 Å². The number of anilines is 1. The van der Waals surface area contributed by atoms with Gasteiger partial charge in [-0.1, -0.05) is 11.6 Å². The molecule has 0 aliphatic rings. The highest BCUT2D eigenvalue weighted by Gasteiger charge is 2.21. The minimum Gasteiger partial charge on any atom is -0.448 e. The van der Waals surface area contributed by atoms with Crippen molar-refractivity contribution in [3.8, 4) is 11.5 Å². The summed E-state index contributed by atoms with van der Waals surface area (Å²) in [6.45, 7) is 0. The van der Waals surface area contributed by atoms with Gasteiger partial charge in [-0.3, -0.25) is 20.2 Å². The molecule has 2 aromatic rings. The normalized spacial score (nSPS) is 10.1. The number of hydrogen-bond donors (Lipinski definition) is 1. The van der Waals surface area contributed by atoms with Crippen molar-refractivity contribution in [3.05, 3.63) is 61.6 Å². The van der Waals surface area contributed by atoms with E-state index < -0.39 is 21.2 Å². The van der Waals surface area contributed by atoms with Crippen LogP contribution in [0.5, 0.6) is 11.5 Å². The molecular formula is C12H8ClN3O5. The van der Waals surface area contributed by atoms with Crippen LogP contribution >= 0.6 is 11.6 Å². The zero-order chi connectivity index (χ0) is 15.6. The second-order valence-corrected chi connectivity index (χ2v) is 4.39. The molecule has 2 N–H and O–H groups in total. The third-order valence-corrected chi connectivity index (χ3v) is 2.78. The summed E-state index contributed by atoms with van der Waals surface area (Å²) in [7, 11) is 0. The van der Waals surface area contributed by atoms with E-state index in [9.17, 15) is 20.2 Å². The first-order valence-electron chi connectivity index (χ1n) is 5.54. The lowest BCUT2D eigenvalue weighted by Gasteiger charge is -2.08. The molecule has 0 fully saturated rings. The van der Waals surface area contributed by atoms with Crippen LogP contribution in [0.2, 0.25) is 5.02 Å². The largest absolute Gasteiger partial charge is 0.448 e. The molecule has 0 spiro atoms. The fraction of sp³-hybridized carbons (Fsp3) is 0. The maximum absolute atomic E-state index is 11.0. The third-order valence-electron chi connectivity index (χ3n) is 2.54. The third kappa shape index (κ3) is 3.18. The van der Waals surface area contributed by atoms with Gasteiger partial charge in [0.05, 0.1) is 21.6 Å². The molecule has 0 aromatic heterocycles. The van der Waals surface area contributed by atoms with Crippen LogP contribution in [0.25, 0.3) is 0 Å². The van der Waals surface area contributed by atoms with E-state index >= 15 is 0 Å². The highest BCUT2D eigenvalue weighted by atomic mass is 35.5. The molecule has 0 radical (unpaired) electrons. The molecule has 0 aliphatic heterocycles. The van der Waals surface area contributed by atoms with Crippen molar-refractivity contribution in [2.45, 2.75) is 0 Å². The number of ether oxygens (including phenoxy) is 1. The number of nitro benzene ring substituents is 2. The molecule has 0 amide bonds. The van der Waals surface area contributed by atoms with Crippen LogP contribution in [0.3, 0.4) is 0 Å². The van der Waals surface area contributed by atoms with Crippen LogP contribution in [0.4, 0.5) is 17.1 Å². The summed E-state index contributed by atoms with van der Waals surface area (Å²) < 4.78 is 5.34. The van der Waals surface area contributed by atoms with Gasteiger partial charge in [-0.25, -0.2) is 0 Å². The van der Waals surface area contributed by atoms with Crippen molar-refractivity contribution in [1.29, 1.82) is 0 Å². The van der Waals surface area contributed by atoms with E-state index in [1.807, 2.05) is 0 Å². The van der Waals surface area contributed by atoms with Gasteiger partial charge < -0.3 is 10.5 Å². The summed E-state index contributed by atoms with van der Waals surface area (Å²) >= 11 is 5.74. The smallest absolute Gasteiger partial charge is 0.318 e. The maximum Gasteiger partial charge on any atom is 0.318 e. The topological polar surface area (TPSA) is 122 Å². The molecule has 2 aromatic carbocycles. The number of nitrogens with zero attached hydrogens (tertiary/aromatic N) is 2. The standard InChI is InChI=1S/C12H8ClN3O5/c13-7-1-3-11(9(14)5-7)21-12-4-2-8(15(17)18)6-10(12)16(19)20/h1-6H,14H2. The van der Waals surface area contributed by atoms with Gasteiger partial charge in [0.2, 0.25) is 5.75 Å². The quantitative estimate of drug-likeness (QED) is 0.523. The Kier molecular flexibility index (Phi) is 3.90. The Bertz CT molecular complexity index is 735. The second kappa shape index (κ2) is 5.63. The van der Waals surface area contributed by atoms with Crippen LogP contribution in [0, 0.1) is 20.2 Å². The summed E-state index contributed by atoms with van der Waals surface area (Å²) in [5.74, 6) is 0.0102. The Morgan fingerprint density at radius 1 is 1.00 bits per heavy atom. The van der Waals surface area contributed by atoms with E-state index in [0.29, 0.717) is 5.02 Å². The van der Waals surface area contributed by atoms with E-state index in [2.05, 4.69) is 0 Å². The molecule has 0 saturated carbocycles. The predicted octanol–water partition coefficient (Wildman–Crippen LogP) is 3.53. The van der Waals surface area contributed by atoms with Crippen molar-refractivity contribution in [2.75, 3.05) is 5.73 Å². The van der Waals surface area contributed by atoms with E-state index in [4.69, 9.17) is 22.1 Å². The highest BCUT2D eigenvalue weighted by molar-refractivity contribution is 6.30. The molecule has 0 unspecified atom stereocenters. The summed E-state index contributed by atoms with van der Waals surface area (Å²) in [6, 6.07) is 7.45. The molecule has 2 rings (SSSR count). The Labute approximate surface area is 123 Å². The van der Waals surface area contributed by atoms with Crippen LogP contribution in [0.1, 0.15) is 0 Å². The fourth-order valence-electron chi connectivity index (χ4n) is 1.58. The lowest BCUT2D eigenvalue weighted by atomic mass is 10.2. The Morgan fingerprint density at radius 2 is 1.67 bits per heavy atom. The van der Waals surface area contributed by atoms with Gasteiger partial charge in [-0.2, -0.15) is 0 Å². The lowest BCUT2D eigenvalue weighted by molar-refractivity contribution is -0.394. The average Bonchev–Trinajstić information content (AvgIpc) is 2.41. The molecule has 108 valence electrons. The van der Waals surface area contributed by atoms with Gasteiger partial charge in [-0.15, -0.1) is 0 Å². The highest BCUT2D eigenvalue weighted by Crippen LogP contribution is 2.36. The lowest BCUT2D eigenvalue weighted by Crippen LogP contribution is -1.97. The van der Waals surface area contributed by atoms with Gasteiger partial charge in [0.15, 0.2) is 5.75 Å². The van der Waals surface area contributed by atoms with Gasteiger partial charge in [0.25, 0.3) is 5.69 Å². The molecule has 8 nitrogen and oxygen atoms in total. The second-order valence-electron chi connectivity index (χ2n) is 3.95. The van der Waals surface area contributed by atoms with E-state index in [1.165, 1.54) is 18.2 Å². The summed E-state index contributed by atoms with van der Waals surface area (Å²) in [5, 5.41) is 22.0. The van der Waals surface area contributed by atoms with Gasteiger partial charge in [0, 0.05) is 11.1 Å². The minimum atomic E-state index is -0.769. The number of hydrogen-bond acceptors (Lipinski definition) is 6. The number of rotatable bonds is 4. The predicted molar refractivity (Wildman–Crippen MR) is 75.7 cm³/mol. The van der Waals surface area contributed by atoms with Crippen molar-refractivity contribution in [3.63, 3.8) is 0 Å². The van der Waals surface area contributed by atoms with Crippen molar-refractivity contribution < 1.29 is 14.6 Å². The maximum atomic E-state index is 11.0. The van der Waals surface area contributed by atoms with Crippen LogP contribution in [-0.4, -0.2) is 9.85 Å². The number of nitro groups is 2. The first kappa shape index (κ1) is 14.5. The van der Waals surface area contributed by atoms with Crippen LogP contribution in [-0.2, 0) is 0 Å². The molecule has 0 heterocycles. The Balaban J connectivity index is 2.44. The SMILES string of the molecule is Nc1cc(Cl)ccc1Oc1ccc([N+](=O)[O-])cc1[N+](=O)[O-]. The summed E-state index contributed by atoms with van der Waals surface area (Å²) in [5.41, 5.74) is 4.94. The Morgan fingerprint density at radius 3 is 2.24 bits per heavy atom. The molecule has 0 atom stereocenters. The van der Waals surface area contributed by atoms with E-state index in [0.717, 1.165) is 18.2 Å². The van der Waals surface area contributed by atoms with E-state index in [-0.39, 0.29) is 17.2 Å². The molecule has 0 saturated heterocycles. The molecular weight excluding hydrogens is 302 g/mol. The van der Waals surface area contributed by atoms with Crippen LogP contribution in [0.15, 0.2) is 36.4 Å².